The van der Waals surface area contributed by atoms with Crippen LogP contribution in [0.4, 0.5) is 0 Å². The van der Waals surface area contributed by atoms with Crippen molar-refractivity contribution < 1.29 is 34.2 Å². The van der Waals surface area contributed by atoms with Crippen molar-refractivity contribution in [2.45, 2.75) is 3.82 Å². The average molecular weight is 286 g/mol. The normalized spacial score (nSPS) is 12.8. The molecule has 12 heteroatoms. The molecule has 0 aromatic heterocycles. The van der Waals surface area contributed by atoms with Crippen LogP contribution in [0.25, 0.3) is 0 Å². The van der Waals surface area contributed by atoms with Gasteiger partial charge in [0, 0.05) is 29.6 Å². The van der Waals surface area contributed by atoms with Crippen LogP contribution < -0.4 is 0 Å². The summed E-state index contributed by atoms with van der Waals surface area (Å²) in [6.07, 6.45) is 0. The Morgan fingerprint density at radius 3 is 1.08 bits per heavy atom. The minimum Gasteiger partial charge on any atom is -0.412 e. The number of alkyl halides is 2. The van der Waals surface area contributed by atoms with E-state index in [9.17, 15) is 9.13 Å². The van der Waals surface area contributed by atoms with Crippen LogP contribution in [-0.4, -0.2) is 58.4 Å². The van der Waals surface area contributed by atoms with Crippen LogP contribution in [0, 0.1) is 0 Å². The molecule has 0 aliphatic carbocycles. The first-order valence-electron chi connectivity index (χ1n) is 1.99. The fraction of sp³-hybridized carbons (Fsp3) is 1.00. The monoisotopic (exact) mass is 285 g/mol. The molecule has 6 N–H and O–H groups in total. The van der Waals surface area contributed by atoms with Crippen LogP contribution in [0.3, 0.4) is 0 Å². The second-order valence-electron chi connectivity index (χ2n) is 1.60. The summed E-state index contributed by atoms with van der Waals surface area (Å²) in [5.41, 5.74) is 0. The zero-order valence-electron chi connectivity index (χ0n) is 6.26. The van der Waals surface area contributed by atoms with Crippen molar-refractivity contribution in [1.82, 2.24) is 0 Å². The molecule has 0 saturated carbocycles. The molecule has 0 aliphatic rings. The molecule has 0 bridgehead atoms. The van der Waals surface area contributed by atoms with Gasteiger partial charge < -0.3 is 25.0 Å². The van der Waals surface area contributed by atoms with E-state index in [1.165, 1.54) is 0 Å². The van der Waals surface area contributed by atoms with Gasteiger partial charge in [-0.1, -0.05) is 23.2 Å². The van der Waals surface area contributed by atoms with Crippen LogP contribution in [-0.2, 0) is 9.13 Å². The van der Waals surface area contributed by atoms with Gasteiger partial charge in [-0.2, -0.15) is 0 Å². The van der Waals surface area contributed by atoms with Gasteiger partial charge >= 0.3 is 19.0 Å². The maximum absolute atomic E-state index is 10.2. The van der Waals surface area contributed by atoms with Gasteiger partial charge in [-0.15, -0.1) is 0 Å². The molecule has 0 aliphatic heterocycles. The topological polar surface area (TPSA) is 147 Å². The predicted octanol–water partition coefficient (Wildman–Crippen LogP) is -0.775. The quantitative estimate of drug-likeness (QED) is 0.297. The second kappa shape index (κ2) is 5.80. The number of hydrogen-bond donors (Lipinski definition) is 4. The predicted molar refractivity (Wildman–Crippen MR) is 47.9 cm³/mol. The third kappa shape index (κ3) is 4.93. The van der Waals surface area contributed by atoms with Crippen molar-refractivity contribution in [3.8, 4) is 0 Å². The van der Waals surface area contributed by atoms with Crippen LogP contribution in [0.5, 0.6) is 0 Å². The zero-order chi connectivity index (χ0) is 9.50. The van der Waals surface area contributed by atoms with Gasteiger partial charge in [0.1, 0.15) is 0 Å². The van der Waals surface area contributed by atoms with E-state index < -0.39 is 19.0 Å². The maximum atomic E-state index is 10.2. The van der Waals surface area contributed by atoms with E-state index in [1.807, 2.05) is 0 Å². The molecule has 0 atom stereocenters. The maximum Gasteiger partial charge on any atom is 0.373 e. The Morgan fingerprint density at radius 1 is 0.923 bits per heavy atom. The Hall–Kier alpha value is 1.84. The largest absolute Gasteiger partial charge is 0.412 e. The molecule has 0 unspecified atom stereocenters. The summed E-state index contributed by atoms with van der Waals surface area (Å²) in [4.78, 5) is 32.9. The SMILES string of the molecule is O.O=P(O)(O)C(Cl)(Cl)P(=O)(O)O.[Na]. The van der Waals surface area contributed by atoms with Gasteiger partial charge in [-0.25, -0.2) is 0 Å². The minimum absolute atomic E-state index is 0. The first kappa shape index (κ1) is 20.3. The third-order valence-corrected chi connectivity index (χ3v) is 6.31. The van der Waals surface area contributed by atoms with Gasteiger partial charge in [0.15, 0.2) is 0 Å². The number of hydrogen-bond acceptors (Lipinski definition) is 2. The Balaban J connectivity index is -0.000000500. The van der Waals surface area contributed by atoms with Gasteiger partial charge in [0.25, 0.3) is 0 Å². The summed E-state index contributed by atoms with van der Waals surface area (Å²) < 4.78 is 17.1. The van der Waals surface area contributed by atoms with Crippen LogP contribution in [0.2, 0.25) is 0 Å². The Bertz CT molecular complexity index is 217. The molecule has 0 rings (SSSR count). The van der Waals surface area contributed by atoms with Crippen molar-refractivity contribution >= 4 is 68.0 Å². The summed E-state index contributed by atoms with van der Waals surface area (Å²) in [5, 5.41) is 0. The molecule has 0 heterocycles. The summed E-state index contributed by atoms with van der Waals surface area (Å²) >= 11 is 9.46. The first-order chi connectivity index (χ1) is 4.50. The van der Waals surface area contributed by atoms with Crippen LogP contribution >= 0.6 is 38.4 Å². The van der Waals surface area contributed by atoms with E-state index in [4.69, 9.17) is 42.8 Å². The van der Waals surface area contributed by atoms with Crippen molar-refractivity contribution in [3.05, 3.63) is 0 Å². The molecule has 1 radical (unpaired) electrons. The first-order valence-corrected chi connectivity index (χ1v) is 5.97. The molecule has 0 aromatic carbocycles. The summed E-state index contributed by atoms with van der Waals surface area (Å²) in [7, 11) is -10.4. The standard InChI is InChI=1S/CH4Cl2O6P2.Na.H2O/c2-1(3,10(4,5)6)11(7,8)9;;/h(H2,4,5,6)(H2,7,8,9);;1H2. The van der Waals surface area contributed by atoms with Crippen molar-refractivity contribution in [1.29, 1.82) is 0 Å². The average Bonchev–Trinajstić information content (AvgIpc) is 1.58. The van der Waals surface area contributed by atoms with Crippen molar-refractivity contribution in [2.75, 3.05) is 0 Å². The summed E-state index contributed by atoms with van der Waals surface area (Å²) in [5.74, 6) is 0. The fourth-order valence-electron chi connectivity index (χ4n) is 0.170. The molecule has 13 heavy (non-hydrogen) atoms. The van der Waals surface area contributed by atoms with E-state index in [1.54, 1.807) is 0 Å². The number of halogens is 2. The van der Waals surface area contributed by atoms with E-state index in [0.717, 1.165) is 0 Å². The Kier molecular flexibility index (Phi) is 9.04. The summed E-state index contributed by atoms with van der Waals surface area (Å²) in [6.45, 7) is 0. The van der Waals surface area contributed by atoms with Gasteiger partial charge in [0.05, 0.1) is 0 Å². The van der Waals surface area contributed by atoms with E-state index in [-0.39, 0.29) is 35.0 Å². The Labute approximate surface area is 105 Å². The van der Waals surface area contributed by atoms with Crippen molar-refractivity contribution in [3.63, 3.8) is 0 Å². The molecule has 77 valence electrons. The molecule has 7 nitrogen and oxygen atoms in total. The molecule has 0 amide bonds. The number of rotatable bonds is 2. The Morgan fingerprint density at radius 2 is 1.08 bits per heavy atom. The van der Waals surface area contributed by atoms with E-state index in [0.29, 0.717) is 0 Å². The molecule has 0 spiro atoms. The fourth-order valence-corrected chi connectivity index (χ4v) is 1.53. The van der Waals surface area contributed by atoms with Gasteiger partial charge in [-0.05, 0) is 0 Å². The second-order valence-corrected chi connectivity index (χ2v) is 7.85. The molecule has 0 saturated heterocycles. The molecular formula is CH6Cl2NaO7P2. The van der Waals surface area contributed by atoms with Crippen molar-refractivity contribution in [2.24, 2.45) is 0 Å². The van der Waals surface area contributed by atoms with E-state index >= 15 is 0 Å². The van der Waals surface area contributed by atoms with Crippen LogP contribution in [0.1, 0.15) is 0 Å². The molecular weight excluding hydrogens is 280 g/mol. The van der Waals surface area contributed by atoms with Gasteiger partial charge in [0.2, 0.25) is 0 Å². The van der Waals surface area contributed by atoms with E-state index in [2.05, 4.69) is 0 Å². The smallest absolute Gasteiger partial charge is 0.373 e. The molecule has 0 fully saturated rings. The molecule has 0 aromatic rings. The zero-order valence-corrected chi connectivity index (χ0v) is 11.6. The third-order valence-electron chi connectivity index (χ3n) is 0.701. The van der Waals surface area contributed by atoms with Gasteiger partial charge in [-0.3, -0.25) is 9.13 Å². The summed E-state index contributed by atoms with van der Waals surface area (Å²) in [6, 6.07) is 0. The van der Waals surface area contributed by atoms with Crippen LogP contribution in [0.15, 0.2) is 0 Å². The minimum atomic E-state index is -5.22.